The van der Waals surface area contributed by atoms with Gasteiger partial charge in [0.25, 0.3) is 0 Å². The number of phenols is 1. The average molecular weight is 419 g/mol. The molecule has 5 heteroatoms. The minimum atomic E-state index is -0.814. The van der Waals surface area contributed by atoms with Crippen molar-refractivity contribution < 1.29 is 14.9 Å². The monoisotopic (exact) mass is 418 g/mol. The lowest BCUT2D eigenvalue weighted by atomic mass is 9.48. The van der Waals surface area contributed by atoms with Crippen LogP contribution in [0.2, 0.25) is 0 Å². The number of para-hydroxylation sites is 1. The highest BCUT2D eigenvalue weighted by molar-refractivity contribution is 5.63. The summed E-state index contributed by atoms with van der Waals surface area (Å²) in [5.41, 5.74) is 2.17. The van der Waals surface area contributed by atoms with Crippen LogP contribution in [0.25, 0.3) is 0 Å². The van der Waals surface area contributed by atoms with Crippen LogP contribution in [0.3, 0.4) is 0 Å². The molecular formula is C26H30N2O3. The van der Waals surface area contributed by atoms with Crippen molar-refractivity contribution in [3.63, 3.8) is 0 Å². The maximum atomic E-state index is 12.5. The van der Waals surface area contributed by atoms with E-state index in [0.29, 0.717) is 5.75 Å². The van der Waals surface area contributed by atoms with E-state index < -0.39 is 11.0 Å². The molecule has 0 unspecified atom stereocenters. The summed E-state index contributed by atoms with van der Waals surface area (Å²) in [6.07, 6.45) is 5.83. The molecule has 3 fully saturated rings. The quantitative estimate of drug-likeness (QED) is 0.710. The zero-order chi connectivity index (χ0) is 20.8. The molecule has 2 aliphatic heterocycles. The average Bonchev–Trinajstić information content (AvgIpc) is 3.51. The minimum Gasteiger partial charge on any atom is -0.504 e. The highest BCUT2D eigenvalue weighted by atomic mass is 16.5. The van der Waals surface area contributed by atoms with Gasteiger partial charge in [-0.2, -0.15) is 0 Å². The fourth-order valence-corrected chi connectivity index (χ4v) is 7.38. The SMILES string of the molecule is Oc1ccc2c3c1O[C@H]1[C@@H](Nc4ccccc4)CC[C@@]4(O)[C@@H](C2)N(CC2CC2)CC[C@]314. The summed E-state index contributed by atoms with van der Waals surface area (Å²) in [5, 5.41) is 26.9. The van der Waals surface area contributed by atoms with Crippen molar-refractivity contribution in [3.8, 4) is 11.5 Å². The number of piperidine rings is 1. The Kier molecular flexibility index (Phi) is 3.65. The van der Waals surface area contributed by atoms with Gasteiger partial charge in [0.2, 0.25) is 0 Å². The zero-order valence-corrected chi connectivity index (χ0v) is 17.8. The van der Waals surface area contributed by atoms with Gasteiger partial charge in [0.05, 0.1) is 17.1 Å². The maximum Gasteiger partial charge on any atom is 0.165 e. The molecule has 2 saturated carbocycles. The van der Waals surface area contributed by atoms with Gasteiger partial charge < -0.3 is 20.3 Å². The van der Waals surface area contributed by atoms with E-state index in [0.717, 1.165) is 55.9 Å². The summed E-state index contributed by atoms with van der Waals surface area (Å²) >= 11 is 0. The summed E-state index contributed by atoms with van der Waals surface area (Å²) in [7, 11) is 0. The fourth-order valence-electron chi connectivity index (χ4n) is 7.38. The van der Waals surface area contributed by atoms with Crippen molar-refractivity contribution in [2.45, 2.75) is 67.7 Å². The predicted octanol–water partition coefficient (Wildman–Crippen LogP) is 3.44. The van der Waals surface area contributed by atoms with E-state index >= 15 is 0 Å². The Bertz CT molecular complexity index is 1040. The normalized spacial score (nSPS) is 37.8. The highest BCUT2D eigenvalue weighted by Gasteiger charge is 2.73. The largest absolute Gasteiger partial charge is 0.504 e. The Balaban J connectivity index is 1.35. The van der Waals surface area contributed by atoms with E-state index in [1.54, 1.807) is 6.07 Å². The van der Waals surface area contributed by atoms with Gasteiger partial charge in [-0.05, 0) is 74.8 Å². The molecule has 0 radical (unpaired) electrons. The van der Waals surface area contributed by atoms with Gasteiger partial charge in [-0.3, -0.25) is 4.90 Å². The van der Waals surface area contributed by atoms with E-state index in [1.807, 2.05) is 18.2 Å². The third-order valence-corrected chi connectivity index (χ3v) is 8.89. The van der Waals surface area contributed by atoms with Crippen molar-refractivity contribution in [3.05, 3.63) is 53.6 Å². The molecule has 0 amide bonds. The van der Waals surface area contributed by atoms with Crippen LogP contribution in [-0.2, 0) is 11.8 Å². The molecule has 7 rings (SSSR count). The predicted molar refractivity (Wildman–Crippen MR) is 119 cm³/mol. The van der Waals surface area contributed by atoms with Crippen molar-refractivity contribution >= 4 is 5.69 Å². The van der Waals surface area contributed by atoms with Crippen LogP contribution < -0.4 is 10.1 Å². The number of likely N-dealkylation sites (tertiary alicyclic amines) is 1. The second-order valence-corrected chi connectivity index (χ2v) is 10.4. The highest BCUT2D eigenvalue weighted by Crippen LogP contribution is 2.65. The van der Waals surface area contributed by atoms with Crippen molar-refractivity contribution in [1.29, 1.82) is 0 Å². The number of ether oxygens (including phenoxy) is 1. The molecule has 3 N–H and O–H groups in total. The van der Waals surface area contributed by atoms with Crippen molar-refractivity contribution in [1.82, 2.24) is 4.90 Å². The number of phenolic OH excluding ortho intramolecular Hbond substituents is 1. The molecule has 2 bridgehead atoms. The van der Waals surface area contributed by atoms with Gasteiger partial charge in [0.1, 0.15) is 6.10 Å². The molecule has 5 nitrogen and oxygen atoms in total. The van der Waals surface area contributed by atoms with E-state index in [-0.39, 0.29) is 23.9 Å². The molecular weight excluding hydrogens is 388 g/mol. The standard InChI is InChI=1S/C26H30N2O3/c29-20-9-8-17-14-21-26(30)11-10-19(27-18-4-2-1-3-5-18)24-25(26,22(17)23(20)31-24)12-13-28(21)15-16-6-7-16/h1-5,8-9,16,19,21,24,27,29-30H,6-7,10-15H2/t19-,21+,24-,25-,26+/m0/s1. The van der Waals surface area contributed by atoms with Gasteiger partial charge in [-0.1, -0.05) is 24.3 Å². The molecule has 2 aromatic carbocycles. The van der Waals surface area contributed by atoms with Crippen LogP contribution in [0.15, 0.2) is 42.5 Å². The summed E-state index contributed by atoms with van der Waals surface area (Å²) in [4.78, 5) is 2.58. The number of benzene rings is 2. The Hall–Kier alpha value is -2.24. The van der Waals surface area contributed by atoms with E-state index in [1.165, 1.54) is 18.4 Å². The number of aliphatic hydroxyl groups is 1. The van der Waals surface area contributed by atoms with Crippen molar-refractivity contribution in [2.75, 3.05) is 18.4 Å². The Morgan fingerprint density at radius 1 is 1.06 bits per heavy atom. The molecule has 162 valence electrons. The van der Waals surface area contributed by atoms with Crippen LogP contribution in [0.5, 0.6) is 11.5 Å². The number of anilines is 1. The first-order valence-corrected chi connectivity index (χ1v) is 11.9. The topological polar surface area (TPSA) is 65.0 Å². The molecule has 2 heterocycles. The van der Waals surface area contributed by atoms with Gasteiger partial charge in [-0.15, -0.1) is 0 Å². The van der Waals surface area contributed by atoms with Crippen LogP contribution >= 0.6 is 0 Å². The summed E-state index contributed by atoms with van der Waals surface area (Å²) < 4.78 is 6.60. The maximum absolute atomic E-state index is 12.5. The zero-order valence-electron chi connectivity index (χ0n) is 17.8. The molecule has 31 heavy (non-hydrogen) atoms. The van der Waals surface area contributed by atoms with Crippen LogP contribution in [0.4, 0.5) is 5.69 Å². The third kappa shape index (κ3) is 2.34. The lowest BCUT2D eigenvalue weighted by Gasteiger charge is -2.64. The second kappa shape index (κ2) is 6.17. The van der Waals surface area contributed by atoms with E-state index in [9.17, 15) is 10.2 Å². The number of hydrogen-bond donors (Lipinski definition) is 3. The van der Waals surface area contributed by atoms with Crippen LogP contribution in [0.1, 0.15) is 43.2 Å². The van der Waals surface area contributed by atoms with Crippen LogP contribution in [-0.4, -0.2) is 52.0 Å². The molecule has 0 aromatic heterocycles. The first-order chi connectivity index (χ1) is 15.1. The smallest absolute Gasteiger partial charge is 0.165 e. The molecule has 1 saturated heterocycles. The number of nitrogens with zero attached hydrogens (tertiary/aromatic N) is 1. The molecule has 5 aliphatic rings. The summed E-state index contributed by atoms with van der Waals surface area (Å²) in [6, 6.07) is 14.4. The molecule has 3 aliphatic carbocycles. The number of nitrogens with one attached hydrogen (secondary N) is 1. The van der Waals surface area contributed by atoms with E-state index in [2.05, 4.69) is 28.4 Å². The first-order valence-electron chi connectivity index (χ1n) is 11.9. The first kappa shape index (κ1) is 18.3. The van der Waals surface area contributed by atoms with Gasteiger partial charge in [0.15, 0.2) is 11.5 Å². The summed E-state index contributed by atoms with van der Waals surface area (Å²) in [5.74, 6) is 1.64. The number of hydrogen-bond acceptors (Lipinski definition) is 5. The van der Waals surface area contributed by atoms with Crippen LogP contribution in [0, 0.1) is 5.92 Å². The lowest BCUT2D eigenvalue weighted by molar-refractivity contribution is -0.187. The molecule has 5 atom stereocenters. The fraction of sp³-hybridized carbons (Fsp3) is 0.538. The Labute approximate surface area is 183 Å². The second-order valence-electron chi connectivity index (χ2n) is 10.4. The van der Waals surface area contributed by atoms with Gasteiger partial charge >= 0.3 is 0 Å². The molecule has 2 aromatic rings. The third-order valence-electron chi connectivity index (χ3n) is 8.89. The van der Waals surface area contributed by atoms with Gasteiger partial charge in [-0.25, -0.2) is 0 Å². The van der Waals surface area contributed by atoms with Gasteiger partial charge in [0, 0.05) is 23.8 Å². The van der Waals surface area contributed by atoms with Crippen molar-refractivity contribution in [2.24, 2.45) is 5.92 Å². The Morgan fingerprint density at radius 3 is 2.71 bits per heavy atom. The minimum absolute atomic E-state index is 0.0936. The number of rotatable bonds is 4. The lowest BCUT2D eigenvalue weighted by Crippen LogP contribution is -2.77. The Morgan fingerprint density at radius 2 is 1.90 bits per heavy atom. The number of aromatic hydroxyl groups is 1. The van der Waals surface area contributed by atoms with E-state index in [4.69, 9.17) is 4.74 Å². The molecule has 1 spiro atoms. The summed E-state index contributed by atoms with van der Waals surface area (Å²) in [6.45, 7) is 2.11.